The maximum Gasteiger partial charge on any atom is 0.472 e. The standard InChI is InChI=1S/C87H170O17P2/c1-8-11-12-51-61-68-84(89)97-74-82(103-86(91)70-63-57-50-44-38-32-26-25-27-33-39-45-52-58-65-78(4)5)76-101-105(93,94)99-72-81(88)73-100-106(95,96)102-77-83(104-87(92)71-64-56-49-43-37-31-24-20-16-14-18-22-29-35-41-47-54-60-67-80(7)10-3)75-98-85(90)69-62-55-48-42-36-30-23-19-15-13-17-21-28-34-40-46-53-59-66-79(6)9-2/h78-83,88H,8-77H2,1-7H3,(H,93,94)(H,95,96)/t79?,80?,81-,82+,83+/m0/s1. The third kappa shape index (κ3) is 77.4. The Morgan fingerprint density at radius 1 is 0.274 bits per heavy atom. The Hall–Kier alpha value is -1.94. The van der Waals surface area contributed by atoms with Crippen LogP contribution in [0.4, 0.5) is 0 Å². The molecule has 0 fully saturated rings. The van der Waals surface area contributed by atoms with E-state index in [1.807, 2.05) is 0 Å². The Kier molecular flexibility index (Phi) is 75.6. The van der Waals surface area contributed by atoms with Gasteiger partial charge in [0.2, 0.25) is 0 Å². The molecular weight excluding hydrogens is 1380 g/mol. The van der Waals surface area contributed by atoms with Gasteiger partial charge in [0.05, 0.1) is 26.4 Å². The number of carbonyl (C=O) groups excluding carboxylic acids is 4. The fourth-order valence-corrected chi connectivity index (χ4v) is 15.1. The molecule has 0 spiro atoms. The van der Waals surface area contributed by atoms with Crippen LogP contribution in [0.3, 0.4) is 0 Å². The highest BCUT2D eigenvalue weighted by Gasteiger charge is 2.31. The first-order valence-corrected chi connectivity index (χ1v) is 47.9. The van der Waals surface area contributed by atoms with Crippen LogP contribution in [-0.4, -0.2) is 96.7 Å². The monoisotopic (exact) mass is 1550 g/mol. The van der Waals surface area contributed by atoms with E-state index in [1.165, 1.54) is 263 Å². The smallest absolute Gasteiger partial charge is 0.462 e. The fourth-order valence-electron chi connectivity index (χ4n) is 13.5. The summed E-state index contributed by atoms with van der Waals surface area (Å²) in [5.41, 5.74) is 0. The third-order valence-electron chi connectivity index (χ3n) is 21.1. The number of ether oxygens (including phenoxy) is 4. The van der Waals surface area contributed by atoms with E-state index in [1.54, 1.807) is 0 Å². The van der Waals surface area contributed by atoms with Crippen LogP contribution in [0, 0.1) is 17.8 Å². The average Bonchev–Trinajstić information content (AvgIpc) is 0.905. The largest absolute Gasteiger partial charge is 0.472 e. The Balaban J connectivity index is 5.10. The summed E-state index contributed by atoms with van der Waals surface area (Å²) in [5, 5.41) is 10.6. The van der Waals surface area contributed by atoms with Crippen LogP contribution < -0.4 is 0 Å². The second-order valence-corrected chi connectivity index (χ2v) is 35.1. The van der Waals surface area contributed by atoms with Crippen LogP contribution in [0.15, 0.2) is 0 Å². The lowest BCUT2D eigenvalue weighted by Crippen LogP contribution is -2.30. The quantitative estimate of drug-likeness (QED) is 0.0222. The Bertz CT molecular complexity index is 2050. The zero-order valence-electron chi connectivity index (χ0n) is 69.9. The van der Waals surface area contributed by atoms with Gasteiger partial charge in [-0.1, -0.05) is 408 Å². The van der Waals surface area contributed by atoms with Gasteiger partial charge >= 0.3 is 39.5 Å². The van der Waals surface area contributed by atoms with E-state index < -0.39 is 97.5 Å². The summed E-state index contributed by atoms with van der Waals surface area (Å²) in [5.74, 6) is 0.425. The molecule has 0 aromatic carbocycles. The number of hydrogen-bond acceptors (Lipinski definition) is 15. The summed E-state index contributed by atoms with van der Waals surface area (Å²) in [4.78, 5) is 72.9. The van der Waals surface area contributed by atoms with E-state index in [9.17, 15) is 43.2 Å². The molecule has 0 aliphatic heterocycles. The van der Waals surface area contributed by atoms with Crippen LogP contribution in [0.2, 0.25) is 0 Å². The van der Waals surface area contributed by atoms with Crippen LogP contribution in [0.5, 0.6) is 0 Å². The predicted octanol–water partition coefficient (Wildman–Crippen LogP) is 26.5. The molecule has 0 aromatic heterocycles. The summed E-state index contributed by atoms with van der Waals surface area (Å²) in [7, 11) is -9.92. The molecule has 0 heterocycles. The van der Waals surface area contributed by atoms with Gasteiger partial charge in [-0.25, -0.2) is 9.13 Å². The molecule has 0 aromatic rings. The summed E-state index contributed by atoms with van der Waals surface area (Å²) in [6, 6.07) is 0. The minimum atomic E-state index is -4.96. The van der Waals surface area contributed by atoms with Crippen LogP contribution in [-0.2, 0) is 65.4 Å². The maximum atomic E-state index is 13.1. The average molecular weight is 1550 g/mol. The molecule has 106 heavy (non-hydrogen) atoms. The normalized spacial score (nSPS) is 14.4. The number of carbonyl (C=O) groups is 4. The number of esters is 4. The van der Waals surface area contributed by atoms with Crippen molar-refractivity contribution in [3.63, 3.8) is 0 Å². The number of aliphatic hydroxyl groups excluding tert-OH is 1. The van der Waals surface area contributed by atoms with E-state index in [-0.39, 0.29) is 25.7 Å². The van der Waals surface area contributed by atoms with Gasteiger partial charge in [0, 0.05) is 25.7 Å². The Morgan fingerprint density at radius 2 is 0.481 bits per heavy atom. The van der Waals surface area contributed by atoms with Gasteiger partial charge in [0.1, 0.15) is 19.3 Å². The first-order valence-electron chi connectivity index (χ1n) is 44.9. The SMILES string of the molecule is CCCCCCCC(=O)OC[C@H](COP(=O)(O)OC[C@H](O)COP(=O)(O)OC[C@@H](COC(=O)CCCCCCCCCCCCCCCCCCCCC(C)CC)OC(=O)CCCCCCCCCCCCCCCCCCCCC(C)CC)OC(=O)CCCCCCCCCCCCCCCCC(C)C. The predicted molar refractivity (Wildman–Crippen MR) is 437 cm³/mol. The molecule has 3 N–H and O–H groups in total. The van der Waals surface area contributed by atoms with Crippen molar-refractivity contribution in [2.75, 3.05) is 39.6 Å². The molecule has 0 aliphatic carbocycles. The minimum Gasteiger partial charge on any atom is -0.462 e. The second kappa shape index (κ2) is 77.0. The minimum absolute atomic E-state index is 0.107. The van der Waals surface area contributed by atoms with E-state index in [0.717, 1.165) is 114 Å². The van der Waals surface area contributed by atoms with Crippen molar-refractivity contribution in [3.8, 4) is 0 Å². The van der Waals surface area contributed by atoms with Crippen LogP contribution >= 0.6 is 15.6 Å². The number of rotatable bonds is 85. The summed E-state index contributed by atoms with van der Waals surface area (Å²) in [6.45, 7) is 12.0. The lowest BCUT2D eigenvalue weighted by Gasteiger charge is -2.21. The molecule has 7 atom stereocenters. The molecule has 0 saturated heterocycles. The van der Waals surface area contributed by atoms with E-state index in [2.05, 4.69) is 48.5 Å². The third-order valence-corrected chi connectivity index (χ3v) is 23.0. The molecule has 0 bridgehead atoms. The van der Waals surface area contributed by atoms with Crippen molar-refractivity contribution >= 4 is 39.5 Å². The van der Waals surface area contributed by atoms with Crippen molar-refractivity contribution in [2.45, 2.75) is 478 Å². The highest BCUT2D eigenvalue weighted by molar-refractivity contribution is 7.47. The zero-order chi connectivity index (χ0) is 77.9. The molecule has 0 saturated carbocycles. The summed E-state index contributed by atoms with van der Waals surface area (Å²) in [6.07, 6.45) is 68.5. The number of aliphatic hydroxyl groups is 1. The fraction of sp³-hybridized carbons (Fsp3) is 0.954. The topological polar surface area (TPSA) is 237 Å². The van der Waals surface area contributed by atoms with Crippen LogP contribution in [0.25, 0.3) is 0 Å². The maximum absolute atomic E-state index is 13.1. The first-order chi connectivity index (χ1) is 51.3. The van der Waals surface area contributed by atoms with Gasteiger partial charge in [-0.3, -0.25) is 37.3 Å². The molecule has 0 aliphatic rings. The van der Waals surface area contributed by atoms with Gasteiger partial charge in [0.15, 0.2) is 12.2 Å². The number of phosphoric acid groups is 2. The lowest BCUT2D eigenvalue weighted by atomic mass is 9.99. The number of phosphoric ester groups is 2. The van der Waals surface area contributed by atoms with Gasteiger partial charge in [-0.05, 0) is 43.4 Å². The lowest BCUT2D eigenvalue weighted by molar-refractivity contribution is -0.161. The Morgan fingerprint density at radius 3 is 0.717 bits per heavy atom. The van der Waals surface area contributed by atoms with Crippen molar-refractivity contribution in [1.82, 2.24) is 0 Å². The zero-order valence-corrected chi connectivity index (χ0v) is 71.7. The van der Waals surface area contributed by atoms with Gasteiger partial charge in [-0.15, -0.1) is 0 Å². The molecular formula is C87H170O17P2. The first kappa shape index (κ1) is 104. The second-order valence-electron chi connectivity index (χ2n) is 32.2. The van der Waals surface area contributed by atoms with Gasteiger partial charge < -0.3 is 33.8 Å². The van der Waals surface area contributed by atoms with Gasteiger partial charge in [0.25, 0.3) is 0 Å². The number of unbranched alkanes of at least 4 members (excludes halogenated alkanes) is 51. The molecule has 0 rings (SSSR count). The molecule has 0 radical (unpaired) electrons. The molecule has 19 heteroatoms. The van der Waals surface area contributed by atoms with Crippen molar-refractivity contribution in [2.24, 2.45) is 17.8 Å². The van der Waals surface area contributed by atoms with E-state index in [0.29, 0.717) is 25.7 Å². The molecule has 630 valence electrons. The molecule has 0 amide bonds. The number of hydrogen-bond donors (Lipinski definition) is 3. The Labute approximate surface area is 651 Å². The van der Waals surface area contributed by atoms with Crippen molar-refractivity contribution < 1.29 is 80.2 Å². The van der Waals surface area contributed by atoms with E-state index in [4.69, 9.17) is 37.0 Å². The summed E-state index contributed by atoms with van der Waals surface area (Å²) >= 11 is 0. The van der Waals surface area contributed by atoms with Crippen LogP contribution in [0.1, 0.15) is 459 Å². The highest BCUT2D eigenvalue weighted by atomic mass is 31.2. The van der Waals surface area contributed by atoms with Crippen molar-refractivity contribution in [1.29, 1.82) is 0 Å². The van der Waals surface area contributed by atoms with E-state index >= 15 is 0 Å². The molecule has 17 nitrogen and oxygen atoms in total. The molecule has 4 unspecified atom stereocenters. The summed E-state index contributed by atoms with van der Waals surface area (Å²) < 4.78 is 68.7. The van der Waals surface area contributed by atoms with Crippen molar-refractivity contribution in [3.05, 3.63) is 0 Å². The van der Waals surface area contributed by atoms with Gasteiger partial charge in [-0.2, -0.15) is 0 Å². The highest BCUT2D eigenvalue weighted by Crippen LogP contribution is 2.45.